The number of primary amides is 2. The Morgan fingerprint density at radius 2 is 0.917 bits per heavy atom. The highest BCUT2D eigenvalue weighted by atomic mass is 16.4. The van der Waals surface area contributed by atoms with E-state index in [0.717, 1.165) is 0 Å². The van der Waals surface area contributed by atoms with Gasteiger partial charge in [-0.1, -0.05) is 25.7 Å². The van der Waals surface area contributed by atoms with E-state index in [9.17, 15) is 0 Å². The second-order valence-corrected chi connectivity index (χ2v) is 2.09. The van der Waals surface area contributed by atoms with Gasteiger partial charge in [-0.2, -0.15) is 0 Å². The number of amides is 2. The first-order valence-corrected chi connectivity index (χ1v) is 3.43. The Bertz CT molecular complexity index is 110. The van der Waals surface area contributed by atoms with Crippen LogP contribution in [0, 0.1) is 0 Å². The van der Waals surface area contributed by atoms with Crippen LogP contribution in [0.1, 0.15) is 25.7 Å². The minimum absolute atomic E-state index is 1.33. The highest BCUT2D eigenvalue weighted by Crippen LogP contribution is 2.15. The summed E-state index contributed by atoms with van der Waals surface area (Å²) in [7, 11) is 0. The van der Waals surface area contributed by atoms with Crippen LogP contribution in [0.5, 0.6) is 0 Å². The number of carboxylic acid groups (broad SMARTS) is 2. The van der Waals surface area contributed by atoms with Gasteiger partial charge in [0.1, 0.15) is 0 Å². The van der Waals surface area contributed by atoms with E-state index in [2.05, 4.69) is 11.5 Å². The fourth-order valence-electron chi connectivity index (χ4n) is 0.250. The molecule has 0 aromatic rings. The van der Waals surface area contributed by atoms with Crippen molar-refractivity contribution in [1.82, 2.24) is 0 Å². The number of hydrogen-bond donors (Lipinski definition) is 4. The van der Waals surface area contributed by atoms with Crippen LogP contribution in [0.15, 0.2) is 0 Å². The van der Waals surface area contributed by atoms with Gasteiger partial charge in [-0.3, -0.25) is 0 Å². The van der Waals surface area contributed by atoms with Gasteiger partial charge in [-0.25, -0.2) is 9.59 Å². The maximum atomic E-state index is 8.78. The van der Waals surface area contributed by atoms with Crippen molar-refractivity contribution in [1.29, 1.82) is 0 Å². The van der Waals surface area contributed by atoms with Crippen LogP contribution in [0.3, 0.4) is 0 Å². The largest absolute Gasteiger partial charge is 0.465 e. The lowest BCUT2D eigenvalue weighted by atomic mass is 10.0. The summed E-state index contributed by atoms with van der Waals surface area (Å²) in [6.07, 6.45) is 3.33. The molecule has 0 radical (unpaired) electrons. The minimum Gasteiger partial charge on any atom is -0.465 e. The van der Waals surface area contributed by atoms with E-state index < -0.39 is 12.2 Å². The molecule has 12 heavy (non-hydrogen) atoms. The highest BCUT2D eigenvalue weighted by molar-refractivity contribution is 5.61. The zero-order chi connectivity index (χ0) is 9.98. The Hall–Kier alpha value is -1.46. The molecule has 0 atom stereocenters. The van der Waals surface area contributed by atoms with Crippen molar-refractivity contribution in [3.8, 4) is 0 Å². The Morgan fingerprint density at radius 3 is 0.917 bits per heavy atom. The van der Waals surface area contributed by atoms with Crippen molar-refractivity contribution >= 4 is 12.2 Å². The predicted octanol–water partition coefficient (Wildman–Crippen LogP) is 0.807. The standard InChI is InChI=1S/C4H8.2CH3NO2/c1-2-4-3-1;2*2-1(3)4/h1-4H2;2*2H2,(H,3,4). The number of hydrogen-bond acceptors (Lipinski definition) is 2. The van der Waals surface area contributed by atoms with Crippen LogP contribution in [-0.4, -0.2) is 22.4 Å². The first-order valence-electron chi connectivity index (χ1n) is 3.43. The molecule has 6 nitrogen and oxygen atoms in total. The molecule has 0 unspecified atom stereocenters. The molecule has 6 heteroatoms. The summed E-state index contributed by atoms with van der Waals surface area (Å²) in [5.74, 6) is 0. The van der Waals surface area contributed by atoms with E-state index in [-0.39, 0.29) is 0 Å². The third-order valence-electron chi connectivity index (χ3n) is 1.000. The molecule has 72 valence electrons. The van der Waals surface area contributed by atoms with Crippen LogP contribution < -0.4 is 11.5 Å². The van der Waals surface area contributed by atoms with Gasteiger partial charge in [0.05, 0.1) is 0 Å². The quantitative estimate of drug-likeness (QED) is 0.437. The molecule has 0 aliphatic heterocycles. The molecule has 6 N–H and O–H groups in total. The number of nitrogens with two attached hydrogens (primary N) is 2. The lowest BCUT2D eigenvalue weighted by Gasteiger charge is -2.05. The van der Waals surface area contributed by atoms with Gasteiger partial charge in [0.25, 0.3) is 0 Å². The van der Waals surface area contributed by atoms with Crippen LogP contribution in [0.2, 0.25) is 0 Å². The maximum Gasteiger partial charge on any atom is 0.402 e. The van der Waals surface area contributed by atoms with Gasteiger partial charge >= 0.3 is 12.2 Å². The summed E-state index contributed by atoms with van der Waals surface area (Å²) in [4.78, 5) is 17.6. The molecular formula is C6H14N2O4. The lowest BCUT2D eigenvalue weighted by molar-refractivity contribution is 0.204. The van der Waals surface area contributed by atoms with Crippen LogP contribution in [0.4, 0.5) is 9.59 Å². The predicted molar refractivity (Wildman–Crippen MR) is 42.9 cm³/mol. The molecule has 0 saturated heterocycles. The topological polar surface area (TPSA) is 127 Å². The van der Waals surface area contributed by atoms with Gasteiger partial charge in [0, 0.05) is 0 Å². The molecule has 1 aliphatic carbocycles. The molecule has 1 rings (SSSR count). The lowest BCUT2D eigenvalue weighted by Crippen LogP contribution is -2.03. The Morgan fingerprint density at radius 1 is 0.833 bits per heavy atom. The molecule has 0 heterocycles. The first-order chi connectivity index (χ1) is 5.46. The summed E-state index contributed by atoms with van der Waals surface area (Å²) in [5.41, 5.74) is 8.06. The summed E-state index contributed by atoms with van der Waals surface area (Å²) in [6.45, 7) is 0. The Labute approximate surface area is 70.2 Å². The van der Waals surface area contributed by atoms with E-state index in [4.69, 9.17) is 19.8 Å². The molecule has 2 amide bonds. The molecule has 1 fully saturated rings. The molecule has 0 aromatic heterocycles. The van der Waals surface area contributed by atoms with Gasteiger partial charge in [-0.15, -0.1) is 0 Å². The molecular weight excluding hydrogens is 164 g/mol. The van der Waals surface area contributed by atoms with E-state index >= 15 is 0 Å². The molecule has 0 bridgehead atoms. The summed E-state index contributed by atoms with van der Waals surface area (Å²) >= 11 is 0. The third-order valence-corrected chi connectivity index (χ3v) is 1.000. The third kappa shape index (κ3) is 75.3. The monoisotopic (exact) mass is 178 g/mol. The van der Waals surface area contributed by atoms with E-state index in [1.165, 1.54) is 25.7 Å². The zero-order valence-electron chi connectivity index (χ0n) is 6.69. The average molecular weight is 178 g/mol. The number of carbonyl (C=O) groups is 2. The average Bonchev–Trinajstić information content (AvgIpc) is 1.50. The SMILES string of the molecule is C1CCC1.NC(=O)O.NC(=O)O. The van der Waals surface area contributed by atoms with Gasteiger partial charge in [0.15, 0.2) is 0 Å². The summed E-state index contributed by atoms with van der Waals surface area (Å²) in [6, 6.07) is 0. The second kappa shape index (κ2) is 9.54. The molecule has 1 saturated carbocycles. The van der Waals surface area contributed by atoms with Gasteiger partial charge in [0.2, 0.25) is 0 Å². The molecule has 1 aliphatic rings. The van der Waals surface area contributed by atoms with Gasteiger partial charge < -0.3 is 21.7 Å². The van der Waals surface area contributed by atoms with E-state index in [0.29, 0.717) is 0 Å². The van der Waals surface area contributed by atoms with Crippen molar-refractivity contribution in [3.63, 3.8) is 0 Å². The maximum absolute atomic E-state index is 8.78. The zero-order valence-corrected chi connectivity index (χ0v) is 6.69. The summed E-state index contributed by atoms with van der Waals surface area (Å²) in [5, 5.41) is 14.4. The van der Waals surface area contributed by atoms with Crippen molar-refractivity contribution in [2.45, 2.75) is 25.7 Å². The minimum atomic E-state index is -1.33. The normalized spacial score (nSPS) is 12.0. The first kappa shape index (κ1) is 13.2. The molecule has 0 aromatic carbocycles. The van der Waals surface area contributed by atoms with Crippen molar-refractivity contribution in [2.24, 2.45) is 11.5 Å². The van der Waals surface area contributed by atoms with Crippen LogP contribution >= 0.6 is 0 Å². The Kier molecular flexibility index (Phi) is 10.5. The second-order valence-electron chi connectivity index (χ2n) is 2.09. The van der Waals surface area contributed by atoms with Gasteiger partial charge in [-0.05, 0) is 0 Å². The fourth-order valence-corrected chi connectivity index (χ4v) is 0.250. The Balaban J connectivity index is 0. The fraction of sp³-hybridized carbons (Fsp3) is 0.667. The molecule has 0 spiro atoms. The van der Waals surface area contributed by atoms with Crippen LogP contribution in [-0.2, 0) is 0 Å². The number of rotatable bonds is 0. The van der Waals surface area contributed by atoms with Crippen LogP contribution in [0.25, 0.3) is 0 Å². The van der Waals surface area contributed by atoms with Crippen molar-refractivity contribution in [2.75, 3.05) is 0 Å². The smallest absolute Gasteiger partial charge is 0.402 e. The summed E-state index contributed by atoms with van der Waals surface area (Å²) < 4.78 is 0. The van der Waals surface area contributed by atoms with E-state index in [1.54, 1.807) is 0 Å². The van der Waals surface area contributed by atoms with E-state index in [1.807, 2.05) is 0 Å². The van der Waals surface area contributed by atoms with Crippen molar-refractivity contribution in [3.05, 3.63) is 0 Å². The van der Waals surface area contributed by atoms with Crippen molar-refractivity contribution < 1.29 is 19.8 Å². The highest BCUT2D eigenvalue weighted by Gasteiger charge is 1.95.